The van der Waals surface area contributed by atoms with Crippen molar-refractivity contribution in [2.75, 3.05) is 6.61 Å². The molecule has 4 N–H and O–H groups in total. The van der Waals surface area contributed by atoms with Crippen LogP contribution in [0.1, 0.15) is 11.9 Å². The van der Waals surface area contributed by atoms with Gasteiger partial charge >= 0.3 is 0 Å². The van der Waals surface area contributed by atoms with Gasteiger partial charge in [-0.05, 0) is 11.4 Å². The molecule has 1 saturated heterocycles. The van der Waals surface area contributed by atoms with Crippen molar-refractivity contribution in [1.29, 1.82) is 0 Å². The van der Waals surface area contributed by atoms with Crippen LogP contribution < -0.4 is 0 Å². The zero-order valence-corrected chi connectivity index (χ0v) is 12.8. The highest BCUT2D eigenvalue weighted by atomic mass is 32.1. The van der Waals surface area contributed by atoms with Gasteiger partial charge in [0.15, 0.2) is 5.82 Å². The molecule has 7 nitrogen and oxygen atoms in total. The van der Waals surface area contributed by atoms with Crippen molar-refractivity contribution in [1.82, 2.24) is 15.0 Å². The van der Waals surface area contributed by atoms with Gasteiger partial charge < -0.3 is 25.0 Å². The first-order valence-corrected chi connectivity index (χ1v) is 8.07. The van der Waals surface area contributed by atoms with Gasteiger partial charge in [-0.1, -0.05) is 6.07 Å². The molecule has 4 heterocycles. The third-order valence-corrected chi connectivity index (χ3v) is 4.94. The van der Waals surface area contributed by atoms with E-state index < -0.39 is 24.4 Å². The molecule has 0 unspecified atom stereocenters. The molecule has 1 aliphatic heterocycles. The fraction of sp³-hybridized carbons (Fsp3) is 0.333. The van der Waals surface area contributed by atoms with Crippen molar-refractivity contribution in [3.8, 4) is 10.4 Å². The summed E-state index contributed by atoms with van der Waals surface area (Å²) in [5.41, 5.74) is 1.65. The number of aromatic nitrogens is 3. The van der Waals surface area contributed by atoms with Gasteiger partial charge in [0.05, 0.1) is 6.61 Å². The largest absolute Gasteiger partial charge is 0.394 e. The van der Waals surface area contributed by atoms with E-state index in [0.29, 0.717) is 5.65 Å². The summed E-state index contributed by atoms with van der Waals surface area (Å²) in [5, 5.41) is 31.9. The second kappa shape index (κ2) is 5.66. The van der Waals surface area contributed by atoms with Gasteiger partial charge in [-0.25, -0.2) is 9.97 Å². The Morgan fingerprint density at radius 1 is 1.30 bits per heavy atom. The average Bonchev–Trinajstić information content (AvgIpc) is 3.27. The van der Waals surface area contributed by atoms with Gasteiger partial charge in [-0.15, -0.1) is 11.3 Å². The number of hydrogen-bond donors (Lipinski definition) is 4. The first-order chi connectivity index (χ1) is 11.2. The second-order valence-electron chi connectivity index (χ2n) is 5.43. The Kier molecular flexibility index (Phi) is 3.63. The first kappa shape index (κ1) is 14.7. The summed E-state index contributed by atoms with van der Waals surface area (Å²) in [5.74, 6) is 0.277. The van der Waals surface area contributed by atoms with E-state index in [1.807, 2.05) is 23.7 Å². The lowest BCUT2D eigenvalue weighted by atomic mass is 10.1. The van der Waals surface area contributed by atoms with Gasteiger partial charge in [-0.3, -0.25) is 0 Å². The molecule has 0 aromatic carbocycles. The minimum atomic E-state index is -1.17. The Morgan fingerprint density at radius 3 is 2.87 bits per heavy atom. The zero-order chi connectivity index (χ0) is 16.0. The highest BCUT2D eigenvalue weighted by Gasteiger charge is 2.44. The number of aliphatic hydroxyl groups is 3. The average molecular weight is 333 g/mol. The molecule has 23 heavy (non-hydrogen) atoms. The Bertz CT molecular complexity index is 819. The van der Waals surface area contributed by atoms with Crippen LogP contribution in [0.4, 0.5) is 0 Å². The maximum atomic E-state index is 10.1. The first-order valence-electron chi connectivity index (χ1n) is 7.19. The van der Waals surface area contributed by atoms with Gasteiger partial charge in [0, 0.05) is 28.2 Å². The highest BCUT2D eigenvalue weighted by molar-refractivity contribution is 7.13. The van der Waals surface area contributed by atoms with Crippen LogP contribution >= 0.6 is 11.3 Å². The molecule has 1 aliphatic rings. The maximum Gasteiger partial charge on any atom is 0.162 e. The zero-order valence-electron chi connectivity index (χ0n) is 12.0. The molecule has 4 rings (SSSR count). The van der Waals surface area contributed by atoms with Crippen LogP contribution in [0.15, 0.2) is 29.9 Å². The minimum Gasteiger partial charge on any atom is -0.394 e. The number of H-pyrrole nitrogens is 1. The smallest absolute Gasteiger partial charge is 0.162 e. The van der Waals surface area contributed by atoms with Crippen LogP contribution in [0.25, 0.3) is 21.5 Å². The second-order valence-corrected chi connectivity index (χ2v) is 6.38. The van der Waals surface area contributed by atoms with E-state index in [9.17, 15) is 10.2 Å². The molecule has 4 atom stereocenters. The van der Waals surface area contributed by atoms with Crippen LogP contribution in [0.2, 0.25) is 0 Å². The van der Waals surface area contributed by atoms with Gasteiger partial charge in [0.25, 0.3) is 0 Å². The predicted octanol–water partition coefficient (Wildman–Crippen LogP) is 0.840. The third kappa shape index (κ3) is 2.35. The van der Waals surface area contributed by atoms with Crippen molar-refractivity contribution < 1.29 is 20.1 Å². The van der Waals surface area contributed by atoms with Crippen molar-refractivity contribution in [3.63, 3.8) is 0 Å². The van der Waals surface area contributed by atoms with Gasteiger partial charge in [0.1, 0.15) is 30.1 Å². The van der Waals surface area contributed by atoms with Crippen LogP contribution in [0, 0.1) is 0 Å². The Labute approximate surface area is 135 Å². The maximum absolute atomic E-state index is 10.1. The molecule has 0 spiro atoms. The third-order valence-electron chi connectivity index (χ3n) is 4.03. The lowest BCUT2D eigenvalue weighted by Gasteiger charge is -2.12. The molecule has 0 bridgehead atoms. The van der Waals surface area contributed by atoms with Gasteiger partial charge in [-0.2, -0.15) is 0 Å². The molecule has 0 saturated carbocycles. The summed E-state index contributed by atoms with van der Waals surface area (Å²) in [6, 6.07) is 4.00. The normalized spacial score (nSPS) is 27.8. The topological polar surface area (TPSA) is 111 Å². The number of nitrogens with zero attached hydrogens (tertiary/aromatic N) is 2. The number of rotatable bonds is 3. The number of hydrogen-bond acceptors (Lipinski definition) is 7. The van der Waals surface area contributed by atoms with E-state index in [0.717, 1.165) is 15.8 Å². The minimum absolute atomic E-state index is 0.277. The van der Waals surface area contributed by atoms with E-state index in [2.05, 4.69) is 15.0 Å². The molecule has 3 aromatic rings. The number of aromatic amines is 1. The van der Waals surface area contributed by atoms with Gasteiger partial charge in [0.2, 0.25) is 0 Å². The standard InChI is InChI=1S/C15H15N3O4S/c19-6-9-11(20)12(21)13(22-9)15-17-5-8-7(4-16-14(8)18-15)10-2-1-3-23-10/h1-5,9,11-13,19-21H,6H2,(H,16,17,18)/t9-,11-,12-,13-/m1/s1. The SMILES string of the molecule is OC[C@H]1O[C@@H](c2ncc3c(-c4cccs4)c[nH]c3n2)[C@H](O)[C@@H]1O. The van der Waals surface area contributed by atoms with Crippen molar-refractivity contribution >= 4 is 22.4 Å². The number of ether oxygens (including phenoxy) is 1. The number of fused-ring (bicyclic) bond motifs is 1. The fourth-order valence-corrected chi connectivity index (χ4v) is 3.56. The van der Waals surface area contributed by atoms with Crippen molar-refractivity contribution in [2.45, 2.75) is 24.4 Å². The molecule has 3 aromatic heterocycles. The number of thiophene rings is 1. The molecule has 0 amide bonds. The van der Waals surface area contributed by atoms with E-state index in [1.165, 1.54) is 0 Å². The molecule has 0 aliphatic carbocycles. The number of nitrogens with one attached hydrogen (secondary N) is 1. The van der Waals surface area contributed by atoms with E-state index in [1.54, 1.807) is 17.5 Å². The summed E-state index contributed by atoms with van der Waals surface area (Å²) in [4.78, 5) is 12.9. The predicted molar refractivity (Wildman–Crippen MR) is 83.9 cm³/mol. The summed E-state index contributed by atoms with van der Waals surface area (Å²) >= 11 is 1.63. The highest BCUT2D eigenvalue weighted by Crippen LogP contribution is 2.34. The summed E-state index contributed by atoms with van der Waals surface area (Å²) in [7, 11) is 0. The van der Waals surface area contributed by atoms with Crippen LogP contribution in [-0.4, -0.2) is 55.2 Å². The van der Waals surface area contributed by atoms with Crippen LogP contribution in [-0.2, 0) is 4.74 Å². The quantitative estimate of drug-likeness (QED) is 0.565. The van der Waals surface area contributed by atoms with E-state index in [4.69, 9.17) is 9.84 Å². The molecule has 0 radical (unpaired) electrons. The molecule has 8 heteroatoms. The molecule has 120 valence electrons. The molecular weight excluding hydrogens is 318 g/mol. The monoisotopic (exact) mass is 333 g/mol. The fourth-order valence-electron chi connectivity index (χ4n) is 2.81. The molecular formula is C15H15N3O4S. The Balaban J connectivity index is 1.71. The number of aliphatic hydroxyl groups excluding tert-OH is 3. The van der Waals surface area contributed by atoms with Crippen molar-refractivity contribution in [2.24, 2.45) is 0 Å². The molecule has 1 fully saturated rings. The Hall–Kier alpha value is -1.84. The summed E-state index contributed by atoms with van der Waals surface area (Å²) in [6.45, 7) is -0.373. The van der Waals surface area contributed by atoms with Crippen molar-refractivity contribution in [3.05, 3.63) is 35.7 Å². The van der Waals surface area contributed by atoms with E-state index >= 15 is 0 Å². The van der Waals surface area contributed by atoms with Crippen LogP contribution in [0.3, 0.4) is 0 Å². The summed E-state index contributed by atoms with van der Waals surface area (Å²) in [6.07, 6.45) is -0.477. The van der Waals surface area contributed by atoms with Crippen LogP contribution in [0.5, 0.6) is 0 Å². The lowest BCUT2D eigenvalue weighted by molar-refractivity contribution is -0.0252. The van der Waals surface area contributed by atoms with E-state index in [-0.39, 0.29) is 12.4 Å². The Morgan fingerprint density at radius 2 is 2.17 bits per heavy atom. The summed E-state index contributed by atoms with van der Waals surface area (Å²) < 4.78 is 5.46. The lowest BCUT2D eigenvalue weighted by Crippen LogP contribution is -2.32.